The average Bonchev–Trinajstić information content (AvgIpc) is 2.86. The molecule has 0 bridgehead atoms. The molecule has 2 amide bonds. The van der Waals surface area contributed by atoms with Gasteiger partial charge in [0.2, 0.25) is 0 Å². The Bertz CT molecular complexity index is 1100. The summed E-state index contributed by atoms with van der Waals surface area (Å²) < 4.78 is 15.3. The van der Waals surface area contributed by atoms with Gasteiger partial charge in [0.05, 0.1) is 0 Å². The Morgan fingerprint density at radius 2 is 1.66 bits per heavy atom. The van der Waals surface area contributed by atoms with Gasteiger partial charge in [-0.3, -0.25) is 9.69 Å². The number of carboxylic acid groups (broad SMARTS) is 1. The van der Waals surface area contributed by atoms with Crippen molar-refractivity contribution in [2.24, 2.45) is 0 Å². The molecule has 7 nitrogen and oxygen atoms in total. The second-order valence-corrected chi connectivity index (χ2v) is 12.3. The van der Waals surface area contributed by atoms with E-state index in [0.29, 0.717) is 18.2 Å². The van der Waals surface area contributed by atoms with E-state index in [1.54, 1.807) is 11.9 Å². The zero-order valence-corrected chi connectivity index (χ0v) is 25.0. The van der Waals surface area contributed by atoms with E-state index in [4.69, 9.17) is 0 Å². The van der Waals surface area contributed by atoms with Crippen molar-refractivity contribution in [1.82, 2.24) is 19.6 Å². The van der Waals surface area contributed by atoms with E-state index >= 15 is 0 Å². The monoisotopic (exact) mass is 652 g/mol. The number of piperidine rings is 1. The number of likely N-dealkylation sites (N-methyl/N-ethyl adjacent to an activating group) is 1. The molecular weight excluding hydrogens is 619 g/mol. The van der Waals surface area contributed by atoms with Gasteiger partial charge in [-0.25, -0.2) is 9.18 Å². The molecule has 0 aromatic heterocycles. The summed E-state index contributed by atoms with van der Waals surface area (Å²) in [6, 6.07) is 12.8. The largest absolute Gasteiger partial charge is 0.465 e. The summed E-state index contributed by atoms with van der Waals surface area (Å²) in [5.74, 6) is -0.235. The molecule has 0 aliphatic carbocycles. The van der Waals surface area contributed by atoms with Crippen LogP contribution in [0.5, 0.6) is 0 Å². The fraction of sp³-hybridized carbons (Fsp3) is 0.500. The van der Waals surface area contributed by atoms with Crippen LogP contribution in [0.15, 0.2) is 51.4 Å². The summed E-state index contributed by atoms with van der Waals surface area (Å²) in [5.41, 5.74) is 1.64. The number of rotatable bonds is 9. The fourth-order valence-electron chi connectivity index (χ4n) is 5.50. The predicted molar refractivity (Wildman–Crippen MR) is 153 cm³/mol. The van der Waals surface area contributed by atoms with Crippen LogP contribution in [0.1, 0.15) is 41.1 Å². The average molecular weight is 654 g/mol. The molecular formula is C28H35Br2FN4O3. The van der Waals surface area contributed by atoms with Crippen LogP contribution in [0.2, 0.25) is 0 Å². The lowest BCUT2D eigenvalue weighted by atomic mass is 9.93. The minimum atomic E-state index is -0.856. The number of hydrogen-bond acceptors (Lipinski definition) is 4. The highest BCUT2D eigenvalue weighted by Crippen LogP contribution is 2.27. The molecule has 2 aromatic rings. The predicted octanol–water partition coefficient (Wildman–Crippen LogP) is 5.36. The lowest BCUT2D eigenvalue weighted by molar-refractivity contribution is 0.00767. The van der Waals surface area contributed by atoms with Crippen LogP contribution in [0.4, 0.5) is 9.18 Å². The quantitative estimate of drug-likeness (QED) is 0.395. The maximum absolute atomic E-state index is 13.6. The molecule has 2 aliphatic heterocycles. The van der Waals surface area contributed by atoms with Gasteiger partial charge in [0.15, 0.2) is 0 Å². The van der Waals surface area contributed by atoms with Crippen molar-refractivity contribution in [2.75, 3.05) is 53.4 Å². The highest BCUT2D eigenvalue weighted by molar-refractivity contribution is 9.11. The minimum Gasteiger partial charge on any atom is -0.465 e. The highest BCUT2D eigenvalue weighted by atomic mass is 79.9. The van der Waals surface area contributed by atoms with E-state index in [1.165, 1.54) is 17.0 Å². The van der Waals surface area contributed by atoms with Gasteiger partial charge in [-0.1, -0.05) is 44.0 Å². The first kappa shape index (κ1) is 29.0. The third-order valence-electron chi connectivity index (χ3n) is 7.89. The van der Waals surface area contributed by atoms with Crippen molar-refractivity contribution in [3.05, 3.63) is 68.4 Å². The Morgan fingerprint density at radius 3 is 2.24 bits per heavy atom. The first-order chi connectivity index (χ1) is 18.1. The van der Waals surface area contributed by atoms with Gasteiger partial charge in [0.1, 0.15) is 5.82 Å². The third-order valence-corrected chi connectivity index (χ3v) is 8.80. The molecule has 0 spiro atoms. The second kappa shape index (κ2) is 12.9. The van der Waals surface area contributed by atoms with E-state index in [9.17, 15) is 19.1 Å². The van der Waals surface area contributed by atoms with Gasteiger partial charge in [0, 0.05) is 79.3 Å². The first-order valence-corrected chi connectivity index (χ1v) is 14.6. The van der Waals surface area contributed by atoms with Crippen LogP contribution in [0.25, 0.3) is 0 Å². The van der Waals surface area contributed by atoms with Crippen LogP contribution in [-0.4, -0.2) is 102 Å². The summed E-state index contributed by atoms with van der Waals surface area (Å²) >= 11 is 6.91. The number of likely N-dealkylation sites (tertiary alicyclic amines) is 2. The Labute approximate surface area is 240 Å². The van der Waals surface area contributed by atoms with Crippen LogP contribution in [0.3, 0.4) is 0 Å². The smallest absolute Gasteiger partial charge is 0.407 e. The van der Waals surface area contributed by atoms with Crippen LogP contribution in [0, 0.1) is 5.82 Å². The van der Waals surface area contributed by atoms with Gasteiger partial charge >= 0.3 is 6.09 Å². The number of carbonyl (C=O) groups is 2. The zero-order valence-electron chi connectivity index (χ0n) is 21.8. The summed E-state index contributed by atoms with van der Waals surface area (Å²) in [6.07, 6.45) is 1.76. The molecule has 4 rings (SSSR count). The SMILES string of the molecule is CN(C[C@@H](CCN1CC(N2CCC(N(C)C(=O)O)CC2)C1)c1ccc(F)cc1)C(=O)c1cc(Br)cc(Br)c1. The van der Waals surface area contributed by atoms with E-state index < -0.39 is 6.09 Å². The van der Waals surface area contributed by atoms with E-state index in [2.05, 4.69) is 41.7 Å². The van der Waals surface area contributed by atoms with Gasteiger partial charge < -0.3 is 19.8 Å². The van der Waals surface area contributed by atoms with Crippen molar-refractivity contribution in [1.29, 1.82) is 0 Å². The zero-order chi connectivity index (χ0) is 27.4. The molecule has 2 aromatic carbocycles. The molecule has 0 radical (unpaired) electrons. The molecule has 2 aliphatic rings. The first-order valence-electron chi connectivity index (χ1n) is 13.0. The van der Waals surface area contributed by atoms with Gasteiger partial charge in [0.25, 0.3) is 5.91 Å². The van der Waals surface area contributed by atoms with E-state index in [1.807, 2.05) is 37.4 Å². The number of halogens is 3. The molecule has 2 saturated heterocycles. The minimum absolute atomic E-state index is 0.0555. The maximum Gasteiger partial charge on any atom is 0.407 e. The third kappa shape index (κ3) is 7.34. The van der Waals surface area contributed by atoms with Crippen molar-refractivity contribution in [3.63, 3.8) is 0 Å². The lowest BCUT2D eigenvalue weighted by Gasteiger charge is -2.48. The fourth-order valence-corrected chi connectivity index (χ4v) is 6.79. The molecule has 2 heterocycles. The van der Waals surface area contributed by atoms with E-state index in [-0.39, 0.29) is 23.7 Å². The van der Waals surface area contributed by atoms with Crippen molar-refractivity contribution in [3.8, 4) is 0 Å². The highest BCUT2D eigenvalue weighted by Gasteiger charge is 2.35. The van der Waals surface area contributed by atoms with Crippen LogP contribution < -0.4 is 0 Å². The second-order valence-electron chi connectivity index (χ2n) is 10.5. The molecule has 2 fully saturated rings. The standard InChI is InChI=1S/C28H35Br2FN4O3/c1-32(27(36)21-13-22(29)15-23(30)14-21)16-20(19-3-5-24(31)6-4-19)7-10-34-17-26(18-34)35-11-8-25(9-12-35)33(2)28(37)38/h3-6,13-15,20,25-26H,7-12,16-18H2,1-2H3,(H,37,38)/t20-/m1/s1. The van der Waals surface area contributed by atoms with Crippen molar-refractivity contribution in [2.45, 2.75) is 37.3 Å². The lowest BCUT2D eigenvalue weighted by Crippen LogP contribution is -2.61. The molecule has 1 N–H and O–H groups in total. The Balaban J connectivity index is 1.31. The summed E-state index contributed by atoms with van der Waals surface area (Å²) in [6.45, 7) is 5.29. The number of carbonyl (C=O) groups excluding carboxylic acids is 1. The van der Waals surface area contributed by atoms with Crippen molar-refractivity contribution < 1.29 is 19.1 Å². The van der Waals surface area contributed by atoms with Gasteiger partial charge in [-0.15, -0.1) is 0 Å². The molecule has 0 unspecified atom stereocenters. The number of benzene rings is 2. The molecule has 10 heteroatoms. The maximum atomic E-state index is 13.6. The number of nitrogens with zero attached hydrogens (tertiary/aromatic N) is 4. The summed E-state index contributed by atoms with van der Waals surface area (Å²) in [5, 5.41) is 9.23. The number of amides is 2. The Morgan fingerprint density at radius 1 is 1.05 bits per heavy atom. The Kier molecular flexibility index (Phi) is 9.84. The Hall–Kier alpha value is -2.01. The molecule has 1 atom stereocenters. The molecule has 206 valence electrons. The van der Waals surface area contributed by atoms with Gasteiger partial charge in [-0.2, -0.15) is 0 Å². The van der Waals surface area contributed by atoms with Crippen molar-refractivity contribution >= 4 is 43.9 Å². The topological polar surface area (TPSA) is 67.3 Å². The molecule has 0 saturated carbocycles. The van der Waals surface area contributed by atoms with E-state index in [0.717, 1.165) is 66.5 Å². The number of hydrogen-bond donors (Lipinski definition) is 1. The van der Waals surface area contributed by atoms with Crippen LogP contribution >= 0.6 is 31.9 Å². The molecule has 38 heavy (non-hydrogen) atoms. The van der Waals surface area contributed by atoms with Gasteiger partial charge in [-0.05, 0) is 61.7 Å². The summed E-state index contributed by atoms with van der Waals surface area (Å²) in [4.78, 5) is 32.5. The van der Waals surface area contributed by atoms with Crippen LogP contribution in [-0.2, 0) is 0 Å². The summed E-state index contributed by atoms with van der Waals surface area (Å²) in [7, 11) is 3.48. The normalized spacial score (nSPS) is 18.1.